The van der Waals surface area contributed by atoms with Crippen LogP contribution in [0.5, 0.6) is 0 Å². The van der Waals surface area contributed by atoms with Crippen LogP contribution in [-0.4, -0.2) is 39.6 Å². The molecule has 2 heterocycles. The van der Waals surface area contributed by atoms with E-state index in [1.54, 1.807) is 0 Å². The Kier molecular flexibility index (Phi) is 4.69. The first-order valence-corrected chi connectivity index (χ1v) is 9.04. The van der Waals surface area contributed by atoms with Crippen LogP contribution in [0.1, 0.15) is 38.0 Å². The Morgan fingerprint density at radius 2 is 1.96 bits per heavy atom. The van der Waals surface area contributed by atoms with Crippen LogP contribution in [0.2, 0.25) is 0 Å². The van der Waals surface area contributed by atoms with Crippen LogP contribution >= 0.6 is 0 Å². The first kappa shape index (κ1) is 16.8. The molecular formula is C19H21N3O4. The van der Waals surface area contributed by atoms with Gasteiger partial charge in [0.25, 0.3) is 5.89 Å². The Morgan fingerprint density at radius 3 is 2.73 bits per heavy atom. The average Bonchev–Trinajstić information content (AvgIpc) is 3.41. The van der Waals surface area contributed by atoms with Crippen molar-refractivity contribution in [2.24, 2.45) is 5.92 Å². The van der Waals surface area contributed by atoms with E-state index in [-0.39, 0.29) is 30.8 Å². The summed E-state index contributed by atoms with van der Waals surface area (Å²) < 4.78 is 10.8. The number of rotatable bonds is 5. The minimum absolute atomic E-state index is 0.0583. The maximum Gasteiger partial charge on any atom is 0.311 e. The van der Waals surface area contributed by atoms with Gasteiger partial charge in [-0.2, -0.15) is 0 Å². The molecule has 2 aliphatic rings. The highest BCUT2D eigenvalue weighted by Gasteiger charge is 2.39. The zero-order valence-electron chi connectivity index (χ0n) is 14.5. The van der Waals surface area contributed by atoms with Crippen LogP contribution in [0.15, 0.2) is 34.7 Å². The fraction of sp³-hybridized carbons (Fsp3) is 0.474. The number of nitrogens with zero attached hydrogens (tertiary/aromatic N) is 3. The molecule has 1 aliphatic carbocycles. The van der Waals surface area contributed by atoms with E-state index in [0.29, 0.717) is 18.5 Å². The Hall–Kier alpha value is -2.70. The molecule has 0 N–H and O–H groups in total. The molecule has 7 heteroatoms. The summed E-state index contributed by atoms with van der Waals surface area (Å²) in [4.78, 5) is 26.4. The third kappa shape index (κ3) is 3.47. The van der Waals surface area contributed by atoms with Crippen molar-refractivity contribution in [3.63, 3.8) is 0 Å². The van der Waals surface area contributed by atoms with Crippen LogP contribution in [0.3, 0.4) is 0 Å². The molecule has 1 aromatic carbocycles. The average molecular weight is 355 g/mol. The van der Waals surface area contributed by atoms with E-state index in [2.05, 4.69) is 10.2 Å². The van der Waals surface area contributed by atoms with Crippen LogP contribution in [0, 0.1) is 5.92 Å². The van der Waals surface area contributed by atoms with Gasteiger partial charge in [0.1, 0.15) is 0 Å². The van der Waals surface area contributed by atoms with Crippen LogP contribution in [0.4, 0.5) is 0 Å². The summed E-state index contributed by atoms with van der Waals surface area (Å²) in [6.07, 6.45) is 4.62. The highest BCUT2D eigenvalue weighted by Crippen LogP contribution is 2.30. The van der Waals surface area contributed by atoms with Gasteiger partial charge in [0, 0.05) is 24.6 Å². The van der Waals surface area contributed by atoms with Crippen molar-refractivity contribution < 1.29 is 18.7 Å². The monoisotopic (exact) mass is 355 g/mol. The molecule has 1 aromatic heterocycles. The molecule has 0 bridgehead atoms. The number of amides is 1. The van der Waals surface area contributed by atoms with Gasteiger partial charge < -0.3 is 14.1 Å². The number of hydrogen-bond donors (Lipinski definition) is 0. The van der Waals surface area contributed by atoms with Crippen molar-refractivity contribution in [1.29, 1.82) is 0 Å². The predicted molar refractivity (Wildman–Crippen MR) is 91.6 cm³/mol. The van der Waals surface area contributed by atoms with E-state index in [1.165, 1.54) is 0 Å². The summed E-state index contributed by atoms with van der Waals surface area (Å²) in [7, 11) is 0. The largest absolute Gasteiger partial charge is 0.455 e. The molecule has 26 heavy (non-hydrogen) atoms. The zero-order valence-corrected chi connectivity index (χ0v) is 14.5. The van der Waals surface area contributed by atoms with Gasteiger partial charge in [-0.05, 0) is 25.0 Å². The van der Waals surface area contributed by atoms with Crippen molar-refractivity contribution in [3.8, 4) is 11.5 Å². The number of aromatic nitrogens is 2. The molecule has 7 nitrogen and oxygen atoms in total. The molecule has 1 saturated carbocycles. The van der Waals surface area contributed by atoms with Crippen molar-refractivity contribution in [3.05, 3.63) is 36.2 Å². The Labute approximate surface area is 151 Å². The summed E-state index contributed by atoms with van der Waals surface area (Å²) in [5.41, 5.74) is 0.811. The number of ether oxygens (including phenoxy) is 1. The summed E-state index contributed by atoms with van der Waals surface area (Å²) in [5.74, 6) is -0.0878. The lowest BCUT2D eigenvalue weighted by Gasteiger charge is -2.23. The van der Waals surface area contributed by atoms with Crippen molar-refractivity contribution >= 4 is 11.9 Å². The Morgan fingerprint density at radius 1 is 1.19 bits per heavy atom. The van der Waals surface area contributed by atoms with Gasteiger partial charge in [-0.1, -0.05) is 31.0 Å². The lowest BCUT2D eigenvalue weighted by atomic mass is 10.1. The smallest absolute Gasteiger partial charge is 0.311 e. The van der Waals surface area contributed by atoms with Gasteiger partial charge in [0.05, 0.1) is 5.92 Å². The van der Waals surface area contributed by atoms with E-state index in [4.69, 9.17) is 9.15 Å². The third-order valence-electron chi connectivity index (χ3n) is 5.08. The molecule has 1 saturated heterocycles. The number of carbonyl (C=O) groups is 2. The first-order chi connectivity index (χ1) is 12.7. The molecule has 1 amide bonds. The molecule has 0 spiro atoms. The Bertz CT molecular complexity index is 783. The minimum atomic E-state index is -0.403. The van der Waals surface area contributed by atoms with Gasteiger partial charge in [0.2, 0.25) is 11.8 Å². The second kappa shape index (κ2) is 7.27. The normalized spacial score (nSPS) is 20.7. The second-order valence-electron chi connectivity index (χ2n) is 6.86. The Balaban J connectivity index is 1.32. The number of benzene rings is 1. The van der Waals surface area contributed by atoms with Gasteiger partial charge in [-0.25, -0.2) is 0 Å². The highest BCUT2D eigenvalue weighted by molar-refractivity contribution is 5.87. The van der Waals surface area contributed by atoms with E-state index in [9.17, 15) is 9.59 Å². The van der Waals surface area contributed by atoms with Crippen molar-refractivity contribution in [1.82, 2.24) is 15.1 Å². The summed E-state index contributed by atoms with van der Waals surface area (Å²) in [6, 6.07) is 9.69. The molecule has 2 aromatic rings. The van der Waals surface area contributed by atoms with E-state index in [0.717, 1.165) is 31.2 Å². The van der Waals surface area contributed by atoms with Crippen LogP contribution < -0.4 is 0 Å². The van der Waals surface area contributed by atoms with E-state index in [1.807, 2.05) is 35.2 Å². The molecular weight excluding hydrogens is 334 g/mol. The fourth-order valence-electron chi connectivity index (χ4n) is 3.72. The summed E-state index contributed by atoms with van der Waals surface area (Å²) >= 11 is 0. The van der Waals surface area contributed by atoms with Gasteiger partial charge in [0.15, 0.2) is 6.61 Å². The minimum Gasteiger partial charge on any atom is -0.455 e. The molecule has 1 atom stereocenters. The zero-order chi connectivity index (χ0) is 17.9. The maximum absolute atomic E-state index is 12.3. The van der Waals surface area contributed by atoms with Crippen molar-refractivity contribution in [2.45, 2.75) is 44.8 Å². The quantitative estimate of drug-likeness (QED) is 0.766. The second-order valence-corrected chi connectivity index (χ2v) is 6.86. The summed E-state index contributed by atoms with van der Waals surface area (Å²) in [6.45, 7) is 0.383. The molecule has 0 unspecified atom stereocenters. The predicted octanol–water partition coefficient (Wildman–Crippen LogP) is 2.57. The standard InChI is InChI=1S/C19H21N3O4/c23-17-10-14(11-22(17)15-8-4-5-9-15)19(24)25-12-16-20-21-18(26-16)13-6-2-1-3-7-13/h1-3,6-7,14-15H,4-5,8-12H2/t14-/m0/s1. The molecule has 4 rings (SSSR count). The molecule has 0 radical (unpaired) electrons. The number of carbonyl (C=O) groups excluding carboxylic acids is 2. The molecule has 1 aliphatic heterocycles. The SMILES string of the molecule is O=C(OCc1nnc(-c2ccccc2)o1)[C@H]1CC(=O)N(C2CCCC2)C1. The third-order valence-corrected chi connectivity index (χ3v) is 5.08. The van der Waals surface area contributed by atoms with Gasteiger partial charge >= 0.3 is 5.97 Å². The van der Waals surface area contributed by atoms with Crippen molar-refractivity contribution in [2.75, 3.05) is 6.54 Å². The number of esters is 1. The van der Waals surface area contributed by atoms with E-state index >= 15 is 0 Å². The summed E-state index contributed by atoms with van der Waals surface area (Å²) in [5, 5.41) is 7.88. The first-order valence-electron chi connectivity index (χ1n) is 9.04. The van der Waals surface area contributed by atoms with Gasteiger partial charge in [-0.15, -0.1) is 10.2 Å². The molecule has 2 fully saturated rings. The fourth-order valence-corrected chi connectivity index (χ4v) is 3.72. The van der Waals surface area contributed by atoms with Crippen LogP contribution in [0.25, 0.3) is 11.5 Å². The topological polar surface area (TPSA) is 85.5 Å². The lowest BCUT2D eigenvalue weighted by molar-refractivity contribution is -0.150. The van der Waals surface area contributed by atoms with Gasteiger partial charge in [-0.3, -0.25) is 9.59 Å². The van der Waals surface area contributed by atoms with E-state index < -0.39 is 5.92 Å². The lowest BCUT2D eigenvalue weighted by Crippen LogP contribution is -2.35. The number of hydrogen-bond acceptors (Lipinski definition) is 6. The highest BCUT2D eigenvalue weighted by atomic mass is 16.5. The maximum atomic E-state index is 12.3. The number of likely N-dealkylation sites (tertiary alicyclic amines) is 1. The van der Waals surface area contributed by atoms with Crippen LogP contribution in [-0.2, 0) is 20.9 Å². The molecule has 136 valence electrons.